The molecule has 7 heteroatoms. The molecule has 4 aromatic rings. The maximum atomic E-state index is 13.0. The van der Waals surface area contributed by atoms with Crippen LogP contribution in [-0.4, -0.2) is 11.5 Å². The van der Waals surface area contributed by atoms with Crippen LogP contribution in [0.15, 0.2) is 75.9 Å². The molecule has 170 valence electrons. The molecule has 1 heterocycles. The number of aromatic hydroxyl groups is 1. The Hall–Kier alpha value is -3.74. The Labute approximate surface area is 187 Å². The summed E-state index contributed by atoms with van der Waals surface area (Å²) in [6, 6.07) is 17.7. The summed E-state index contributed by atoms with van der Waals surface area (Å²) >= 11 is 0. The second-order valence-corrected chi connectivity index (χ2v) is 8.07. The van der Waals surface area contributed by atoms with Crippen molar-refractivity contribution in [2.24, 2.45) is 0 Å². The lowest BCUT2D eigenvalue weighted by molar-refractivity contribution is -0.274. The largest absolute Gasteiger partial charge is 0.573 e. The van der Waals surface area contributed by atoms with Gasteiger partial charge in [0, 0.05) is 11.5 Å². The summed E-state index contributed by atoms with van der Waals surface area (Å²) in [5, 5.41) is 10.5. The van der Waals surface area contributed by atoms with E-state index in [9.17, 15) is 23.1 Å². The third-order valence-corrected chi connectivity index (χ3v) is 5.40. The zero-order valence-corrected chi connectivity index (χ0v) is 17.9. The van der Waals surface area contributed by atoms with E-state index in [1.807, 2.05) is 24.3 Å². The van der Waals surface area contributed by atoms with Crippen molar-refractivity contribution in [1.29, 1.82) is 0 Å². The molecule has 0 amide bonds. The van der Waals surface area contributed by atoms with Gasteiger partial charge in [0.2, 0.25) is 0 Å². The molecule has 1 aromatic heterocycles. The standard InChI is InChI=1S/C26H21F3O4/c1-15(2)17-5-3-16(4-6-17)13-22-21-12-9-19(30)14-23(21)32-25(31)24(22)18-7-10-20(11-8-18)33-26(27,28)29/h3-12,14-15,30H,13H2,1-2H3. The summed E-state index contributed by atoms with van der Waals surface area (Å²) in [6.45, 7) is 4.20. The Morgan fingerprint density at radius 3 is 2.24 bits per heavy atom. The van der Waals surface area contributed by atoms with E-state index in [0.29, 0.717) is 28.9 Å². The first-order chi connectivity index (χ1) is 15.6. The highest BCUT2D eigenvalue weighted by Gasteiger charge is 2.31. The topological polar surface area (TPSA) is 59.7 Å². The highest BCUT2D eigenvalue weighted by Crippen LogP contribution is 2.33. The number of fused-ring (bicyclic) bond motifs is 1. The molecular weight excluding hydrogens is 433 g/mol. The first kappa shape index (κ1) is 22.5. The predicted octanol–water partition coefficient (Wildman–Crippen LogP) is 6.78. The Morgan fingerprint density at radius 2 is 1.64 bits per heavy atom. The van der Waals surface area contributed by atoms with Crippen molar-refractivity contribution in [3.63, 3.8) is 0 Å². The number of halogens is 3. The number of benzene rings is 3. The van der Waals surface area contributed by atoms with Crippen LogP contribution in [0.25, 0.3) is 22.1 Å². The van der Waals surface area contributed by atoms with Crippen LogP contribution in [-0.2, 0) is 6.42 Å². The average Bonchev–Trinajstić information content (AvgIpc) is 2.73. The summed E-state index contributed by atoms with van der Waals surface area (Å²) in [7, 11) is 0. The molecule has 0 unspecified atom stereocenters. The molecule has 3 aromatic carbocycles. The van der Waals surface area contributed by atoms with E-state index in [-0.39, 0.29) is 22.6 Å². The van der Waals surface area contributed by atoms with Crippen LogP contribution >= 0.6 is 0 Å². The van der Waals surface area contributed by atoms with Crippen LogP contribution in [0.3, 0.4) is 0 Å². The van der Waals surface area contributed by atoms with Crippen molar-refractivity contribution in [2.75, 3.05) is 0 Å². The highest BCUT2D eigenvalue weighted by atomic mass is 19.4. The van der Waals surface area contributed by atoms with E-state index < -0.39 is 12.0 Å². The van der Waals surface area contributed by atoms with Gasteiger partial charge in [-0.3, -0.25) is 0 Å². The molecular formula is C26H21F3O4. The lowest BCUT2D eigenvalue weighted by atomic mass is 9.92. The van der Waals surface area contributed by atoms with Gasteiger partial charge in [0.25, 0.3) is 0 Å². The number of hydrogen-bond donors (Lipinski definition) is 1. The second kappa shape index (κ2) is 8.65. The van der Waals surface area contributed by atoms with E-state index in [1.165, 1.54) is 29.8 Å². The molecule has 0 aliphatic rings. The van der Waals surface area contributed by atoms with Gasteiger partial charge in [-0.25, -0.2) is 4.79 Å². The van der Waals surface area contributed by atoms with E-state index in [2.05, 4.69) is 18.6 Å². The van der Waals surface area contributed by atoms with Gasteiger partial charge in [0.05, 0.1) is 5.56 Å². The lowest BCUT2D eigenvalue weighted by Crippen LogP contribution is -2.17. The van der Waals surface area contributed by atoms with Crippen LogP contribution in [0.5, 0.6) is 11.5 Å². The Kier molecular flexibility index (Phi) is 5.89. The second-order valence-electron chi connectivity index (χ2n) is 8.07. The molecule has 4 nitrogen and oxygen atoms in total. The molecule has 4 rings (SSSR count). The summed E-state index contributed by atoms with van der Waals surface area (Å²) in [5.74, 6) is -0.0499. The van der Waals surface area contributed by atoms with Gasteiger partial charge in [-0.05, 0) is 58.9 Å². The predicted molar refractivity (Wildman–Crippen MR) is 120 cm³/mol. The normalized spacial score (nSPS) is 11.8. The minimum atomic E-state index is -4.81. The summed E-state index contributed by atoms with van der Waals surface area (Å²) < 4.78 is 46.9. The smallest absolute Gasteiger partial charge is 0.508 e. The maximum Gasteiger partial charge on any atom is 0.573 e. The highest BCUT2D eigenvalue weighted by molar-refractivity contribution is 5.88. The van der Waals surface area contributed by atoms with E-state index >= 15 is 0 Å². The van der Waals surface area contributed by atoms with Gasteiger partial charge in [-0.15, -0.1) is 13.2 Å². The monoisotopic (exact) mass is 454 g/mol. The minimum Gasteiger partial charge on any atom is -0.508 e. The van der Waals surface area contributed by atoms with Crippen LogP contribution < -0.4 is 10.4 Å². The van der Waals surface area contributed by atoms with Crippen LogP contribution in [0.1, 0.15) is 36.5 Å². The van der Waals surface area contributed by atoms with Crippen molar-refractivity contribution in [3.05, 3.63) is 93.8 Å². The molecule has 0 saturated carbocycles. The SMILES string of the molecule is CC(C)c1ccc(Cc2c(-c3ccc(OC(F)(F)F)cc3)c(=O)oc3cc(O)ccc23)cc1. The zero-order chi connectivity index (χ0) is 23.8. The van der Waals surface area contributed by atoms with Crippen LogP contribution in [0, 0.1) is 0 Å². The fourth-order valence-electron chi connectivity index (χ4n) is 3.78. The molecule has 0 radical (unpaired) electrons. The van der Waals surface area contributed by atoms with Gasteiger partial charge in [0.15, 0.2) is 0 Å². The summed E-state index contributed by atoms with van der Waals surface area (Å²) in [5.41, 5.74) is 3.03. The fourth-order valence-corrected chi connectivity index (χ4v) is 3.78. The third kappa shape index (κ3) is 5.03. The Balaban J connectivity index is 1.84. The number of phenols is 1. The molecule has 0 spiro atoms. The average molecular weight is 454 g/mol. The van der Waals surface area contributed by atoms with Crippen molar-refractivity contribution >= 4 is 11.0 Å². The third-order valence-electron chi connectivity index (χ3n) is 5.40. The van der Waals surface area contributed by atoms with Crippen molar-refractivity contribution in [3.8, 4) is 22.6 Å². The van der Waals surface area contributed by atoms with Gasteiger partial charge in [-0.2, -0.15) is 0 Å². The first-order valence-electron chi connectivity index (χ1n) is 10.3. The summed E-state index contributed by atoms with van der Waals surface area (Å²) in [6.07, 6.45) is -4.42. The molecule has 33 heavy (non-hydrogen) atoms. The number of ether oxygens (including phenoxy) is 1. The van der Waals surface area contributed by atoms with Gasteiger partial charge >= 0.3 is 12.0 Å². The quantitative estimate of drug-likeness (QED) is 0.338. The van der Waals surface area contributed by atoms with Gasteiger partial charge in [-0.1, -0.05) is 50.2 Å². The van der Waals surface area contributed by atoms with Crippen molar-refractivity contribution in [2.45, 2.75) is 32.5 Å². The first-order valence-corrected chi connectivity index (χ1v) is 10.3. The van der Waals surface area contributed by atoms with Crippen LogP contribution in [0.2, 0.25) is 0 Å². The number of rotatable bonds is 5. The van der Waals surface area contributed by atoms with E-state index in [0.717, 1.165) is 17.7 Å². The van der Waals surface area contributed by atoms with Crippen molar-refractivity contribution < 1.29 is 27.4 Å². The zero-order valence-electron chi connectivity index (χ0n) is 17.9. The number of alkyl halides is 3. The molecule has 0 aliphatic carbocycles. The van der Waals surface area contributed by atoms with Gasteiger partial charge in [0.1, 0.15) is 17.1 Å². The molecule has 0 atom stereocenters. The molecule has 1 N–H and O–H groups in total. The minimum absolute atomic E-state index is 0.0423. The number of phenolic OH excluding ortho intramolecular Hbond substituents is 1. The number of hydrogen-bond acceptors (Lipinski definition) is 4. The van der Waals surface area contributed by atoms with Crippen molar-refractivity contribution in [1.82, 2.24) is 0 Å². The molecule has 0 saturated heterocycles. The molecule has 0 fully saturated rings. The molecule has 0 bridgehead atoms. The van der Waals surface area contributed by atoms with Crippen LogP contribution in [0.4, 0.5) is 13.2 Å². The van der Waals surface area contributed by atoms with E-state index in [4.69, 9.17) is 4.42 Å². The molecule has 0 aliphatic heterocycles. The van der Waals surface area contributed by atoms with E-state index in [1.54, 1.807) is 6.07 Å². The maximum absolute atomic E-state index is 13.0. The fraction of sp³-hybridized carbons (Fsp3) is 0.192. The Bertz CT molecular complexity index is 1340. The van der Waals surface area contributed by atoms with Gasteiger partial charge < -0.3 is 14.3 Å². The Morgan fingerprint density at radius 1 is 0.970 bits per heavy atom. The lowest BCUT2D eigenvalue weighted by Gasteiger charge is -2.14. The summed E-state index contributed by atoms with van der Waals surface area (Å²) in [4.78, 5) is 13.0.